The molecule has 0 heterocycles. The topological polar surface area (TPSA) is 59.6 Å². The van der Waals surface area contributed by atoms with Gasteiger partial charge in [-0.05, 0) is 23.1 Å². The molecule has 0 bridgehead atoms. The summed E-state index contributed by atoms with van der Waals surface area (Å²) in [6.45, 7) is -0.237. The lowest BCUT2D eigenvalue weighted by Crippen LogP contribution is -2.33. The fourth-order valence-electron chi connectivity index (χ4n) is 2.24. The van der Waals surface area contributed by atoms with Crippen LogP contribution in [-0.4, -0.2) is 25.3 Å². The van der Waals surface area contributed by atoms with E-state index in [1.165, 1.54) is 5.56 Å². The smallest absolute Gasteiger partial charge is 0.370 e. The lowest BCUT2D eigenvalue weighted by Gasteiger charge is -2.08. The summed E-state index contributed by atoms with van der Waals surface area (Å²) in [5.41, 5.74) is 8.64. The normalized spacial score (nSPS) is 11.7. The summed E-state index contributed by atoms with van der Waals surface area (Å²) < 4.78 is 40.7. The fraction of sp³-hybridized carbons (Fsp3) is 0.316. The average molecular weight is 493 g/mol. The Balaban J connectivity index is 0.00000364. The average Bonchev–Trinajstić information content (AvgIpc) is 2.61. The van der Waals surface area contributed by atoms with Gasteiger partial charge < -0.3 is 15.8 Å². The molecule has 0 radical (unpaired) electrons. The van der Waals surface area contributed by atoms with E-state index in [9.17, 15) is 13.2 Å². The minimum Gasteiger partial charge on any atom is -0.370 e. The first kappa shape index (κ1) is 23.2. The lowest BCUT2D eigenvalue weighted by atomic mass is 10.1. The van der Waals surface area contributed by atoms with Crippen LogP contribution in [0.5, 0.6) is 0 Å². The van der Waals surface area contributed by atoms with E-state index in [2.05, 4.69) is 27.2 Å². The Morgan fingerprint density at radius 3 is 2.22 bits per heavy atom. The van der Waals surface area contributed by atoms with Gasteiger partial charge in [0, 0.05) is 6.54 Å². The van der Waals surface area contributed by atoms with Gasteiger partial charge in [0.2, 0.25) is 0 Å². The number of rotatable bonds is 8. The first-order valence-electron chi connectivity index (χ1n) is 8.22. The van der Waals surface area contributed by atoms with Gasteiger partial charge in [0.25, 0.3) is 0 Å². The molecule has 0 atom stereocenters. The summed E-state index contributed by atoms with van der Waals surface area (Å²) in [4.78, 5) is 4.25. The summed E-state index contributed by atoms with van der Waals surface area (Å²) in [5, 5.41) is 3.06. The molecule has 8 heteroatoms. The number of ether oxygens (including phenoxy) is 1. The zero-order chi connectivity index (χ0) is 18.8. The third kappa shape index (κ3) is 10.2. The van der Waals surface area contributed by atoms with Gasteiger partial charge in [-0.25, -0.2) is 4.99 Å². The minimum absolute atomic E-state index is 0. The van der Waals surface area contributed by atoms with E-state index in [0.29, 0.717) is 24.6 Å². The molecule has 0 aliphatic carbocycles. The maximum absolute atomic E-state index is 12.0. The third-order valence-corrected chi connectivity index (χ3v) is 3.55. The molecule has 0 saturated heterocycles. The summed E-state index contributed by atoms with van der Waals surface area (Å²) >= 11 is 0. The molecule has 0 aliphatic heterocycles. The summed E-state index contributed by atoms with van der Waals surface area (Å²) in [6, 6.07) is 17.1. The number of hydrogen-bond donors (Lipinski definition) is 2. The fourth-order valence-corrected chi connectivity index (χ4v) is 2.24. The molecule has 2 rings (SSSR count). The van der Waals surface area contributed by atoms with E-state index >= 15 is 0 Å². The second-order valence-corrected chi connectivity index (χ2v) is 5.79. The molecular weight excluding hydrogens is 470 g/mol. The summed E-state index contributed by atoms with van der Waals surface area (Å²) in [5.74, 6) is 0.360. The van der Waals surface area contributed by atoms with Crippen LogP contribution in [0.4, 0.5) is 13.2 Å². The van der Waals surface area contributed by atoms with E-state index in [1.807, 2.05) is 18.2 Å². The molecule has 0 aliphatic rings. The Morgan fingerprint density at radius 2 is 1.59 bits per heavy atom. The van der Waals surface area contributed by atoms with Crippen LogP contribution in [0, 0.1) is 0 Å². The van der Waals surface area contributed by atoms with Crippen LogP contribution in [0.3, 0.4) is 0 Å². The predicted molar refractivity (Wildman–Crippen MR) is 111 cm³/mol. The van der Waals surface area contributed by atoms with E-state index in [4.69, 9.17) is 5.73 Å². The van der Waals surface area contributed by atoms with Crippen LogP contribution in [0.25, 0.3) is 0 Å². The highest BCUT2D eigenvalue weighted by Crippen LogP contribution is 2.16. The number of nitrogens with one attached hydrogen (secondary N) is 1. The molecular formula is C19H23F3IN3O. The number of nitrogens with zero attached hydrogens (tertiary/aromatic N) is 1. The Kier molecular flexibility index (Phi) is 10.2. The highest BCUT2D eigenvalue weighted by Gasteiger charge is 2.27. The molecule has 0 aromatic heterocycles. The molecule has 0 saturated carbocycles. The van der Waals surface area contributed by atoms with Crippen LogP contribution < -0.4 is 11.1 Å². The van der Waals surface area contributed by atoms with Gasteiger partial charge in [-0.1, -0.05) is 54.6 Å². The Bertz CT molecular complexity index is 692. The van der Waals surface area contributed by atoms with Gasteiger partial charge in [-0.3, -0.25) is 0 Å². The van der Waals surface area contributed by atoms with Crippen LogP contribution >= 0.6 is 24.0 Å². The Labute approximate surface area is 174 Å². The third-order valence-electron chi connectivity index (χ3n) is 3.55. The Morgan fingerprint density at radius 1 is 0.963 bits per heavy atom. The van der Waals surface area contributed by atoms with Crippen LogP contribution in [0.1, 0.15) is 16.7 Å². The van der Waals surface area contributed by atoms with Gasteiger partial charge in [0.05, 0.1) is 13.2 Å². The number of halogens is 4. The zero-order valence-electron chi connectivity index (χ0n) is 14.7. The first-order chi connectivity index (χ1) is 12.4. The number of aliphatic imine (C=N–C) groups is 1. The molecule has 3 N–H and O–H groups in total. The highest BCUT2D eigenvalue weighted by molar-refractivity contribution is 14.0. The van der Waals surface area contributed by atoms with Gasteiger partial charge in [0.1, 0.15) is 6.61 Å². The molecule has 0 amide bonds. The quantitative estimate of drug-likeness (QED) is 0.332. The second kappa shape index (κ2) is 11.8. The van der Waals surface area contributed by atoms with Crippen molar-refractivity contribution in [1.82, 2.24) is 5.32 Å². The van der Waals surface area contributed by atoms with Gasteiger partial charge >= 0.3 is 6.18 Å². The van der Waals surface area contributed by atoms with E-state index < -0.39 is 12.8 Å². The molecule has 2 aromatic rings. The molecule has 148 valence electrons. The monoisotopic (exact) mass is 493 g/mol. The SMILES string of the molecule is I.NC(=NCc1ccc(COCC(F)(F)F)cc1)NCCc1ccccc1. The van der Waals surface area contributed by atoms with Crippen molar-refractivity contribution in [3.63, 3.8) is 0 Å². The highest BCUT2D eigenvalue weighted by atomic mass is 127. The van der Waals surface area contributed by atoms with Gasteiger partial charge in [0.15, 0.2) is 5.96 Å². The van der Waals surface area contributed by atoms with E-state index in [1.54, 1.807) is 24.3 Å². The molecule has 27 heavy (non-hydrogen) atoms. The standard InChI is InChI=1S/C19H22F3N3O.HI/c20-19(21,22)14-26-13-17-8-6-16(7-9-17)12-25-18(23)24-11-10-15-4-2-1-3-5-15;/h1-9H,10-14H2,(H3,23,24,25);1H. The molecule has 0 unspecified atom stereocenters. The molecule has 0 fully saturated rings. The van der Waals surface area contributed by atoms with Crippen molar-refractivity contribution in [2.45, 2.75) is 25.7 Å². The maximum Gasteiger partial charge on any atom is 0.411 e. The van der Waals surface area contributed by atoms with Gasteiger partial charge in [-0.15, -0.1) is 24.0 Å². The van der Waals surface area contributed by atoms with Crippen molar-refractivity contribution >= 4 is 29.9 Å². The number of nitrogens with two attached hydrogens (primary N) is 1. The minimum atomic E-state index is -4.31. The van der Waals surface area contributed by atoms with Crippen molar-refractivity contribution in [3.05, 3.63) is 71.3 Å². The Hall–Kier alpha value is -1.81. The van der Waals surface area contributed by atoms with E-state index in [0.717, 1.165) is 12.0 Å². The van der Waals surface area contributed by atoms with E-state index in [-0.39, 0.29) is 30.6 Å². The maximum atomic E-state index is 12.0. The predicted octanol–water partition coefficient (Wildman–Crippen LogP) is 4.03. The van der Waals surface area contributed by atoms with Crippen molar-refractivity contribution < 1.29 is 17.9 Å². The van der Waals surface area contributed by atoms with Crippen LogP contribution in [0.2, 0.25) is 0 Å². The number of guanidine groups is 1. The van der Waals surface area contributed by atoms with Crippen molar-refractivity contribution in [1.29, 1.82) is 0 Å². The van der Waals surface area contributed by atoms with Crippen LogP contribution in [-0.2, 0) is 24.3 Å². The first-order valence-corrected chi connectivity index (χ1v) is 8.22. The number of hydrogen-bond acceptors (Lipinski definition) is 2. The molecule has 2 aromatic carbocycles. The zero-order valence-corrected chi connectivity index (χ0v) is 17.0. The van der Waals surface area contributed by atoms with Crippen molar-refractivity contribution in [2.24, 2.45) is 10.7 Å². The second-order valence-electron chi connectivity index (χ2n) is 5.79. The molecule has 0 spiro atoms. The van der Waals surface area contributed by atoms with Crippen LogP contribution in [0.15, 0.2) is 59.6 Å². The lowest BCUT2D eigenvalue weighted by molar-refractivity contribution is -0.176. The molecule has 4 nitrogen and oxygen atoms in total. The summed E-state index contributed by atoms with van der Waals surface area (Å²) in [7, 11) is 0. The number of benzene rings is 2. The van der Waals surface area contributed by atoms with Crippen molar-refractivity contribution in [3.8, 4) is 0 Å². The van der Waals surface area contributed by atoms with Crippen molar-refractivity contribution in [2.75, 3.05) is 13.2 Å². The summed E-state index contributed by atoms with van der Waals surface area (Å²) in [6.07, 6.45) is -3.45. The number of alkyl halides is 3. The largest absolute Gasteiger partial charge is 0.411 e. The van der Waals surface area contributed by atoms with Gasteiger partial charge in [-0.2, -0.15) is 13.2 Å².